The third-order valence-electron chi connectivity index (χ3n) is 2.61. The summed E-state index contributed by atoms with van der Waals surface area (Å²) in [7, 11) is -2.04. The van der Waals surface area contributed by atoms with Gasteiger partial charge in [0.2, 0.25) is 0 Å². The fourth-order valence-electron chi connectivity index (χ4n) is 1.65. The van der Waals surface area contributed by atoms with E-state index in [1.54, 1.807) is 0 Å². The normalized spacial score (nSPS) is 18.7. The van der Waals surface area contributed by atoms with Crippen LogP contribution in [0.2, 0.25) is 5.02 Å². The lowest BCUT2D eigenvalue weighted by Gasteiger charge is -2.36. The topological polar surface area (TPSA) is 75.4 Å². The van der Waals surface area contributed by atoms with E-state index in [0.29, 0.717) is 13.1 Å². The first kappa shape index (κ1) is 11.8. The highest BCUT2D eigenvalue weighted by atomic mass is 35.5. The SMILES string of the molecule is Cn1ncc(Cl)c1S(=O)(=O)N1CC(CO)C1. The van der Waals surface area contributed by atoms with E-state index in [4.69, 9.17) is 16.7 Å². The van der Waals surface area contributed by atoms with Crippen molar-refractivity contribution in [1.29, 1.82) is 0 Å². The van der Waals surface area contributed by atoms with Crippen LogP contribution in [0.25, 0.3) is 0 Å². The highest BCUT2D eigenvalue weighted by Crippen LogP contribution is 2.28. The molecule has 90 valence electrons. The van der Waals surface area contributed by atoms with Gasteiger partial charge in [0.15, 0.2) is 5.03 Å². The van der Waals surface area contributed by atoms with Crippen LogP contribution < -0.4 is 0 Å². The van der Waals surface area contributed by atoms with Crippen molar-refractivity contribution in [2.24, 2.45) is 13.0 Å². The molecule has 1 aliphatic rings. The molecule has 0 aromatic carbocycles. The van der Waals surface area contributed by atoms with Crippen molar-refractivity contribution < 1.29 is 13.5 Å². The molecule has 0 spiro atoms. The van der Waals surface area contributed by atoms with Gasteiger partial charge in [0.05, 0.1) is 11.2 Å². The summed E-state index contributed by atoms with van der Waals surface area (Å²) in [5, 5.41) is 12.8. The molecule has 1 aromatic rings. The second-order valence-electron chi connectivity index (χ2n) is 3.79. The van der Waals surface area contributed by atoms with Gasteiger partial charge in [-0.2, -0.15) is 9.40 Å². The van der Waals surface area contributed by atoms with Crippen LogP contribution in [-0.2, 0) is 17.1 Å². The summed E-state index contributed by atoms with van der Waals surface area (Å²) in [5.41, 5.74) is 0. The second kappa shape index (κ2) is 3.99. The van der Waals surface area contributed by atoms with Crippen molar-refractivity contribution in [3.05, 3.63) is 11.2 Å². The summed E-state index contributed by atoms with van der Waals surface area (Å²) in [6, 6.07) is 0. The molecule has 1 fully saturated rings. The monoisotopic (exact) mass is 265 g/mol. The minimum atomic E-state index is -3.57. The number of nitrogens with zero attached hydrogens (tertiary/aromatic N) is 3. The molecule has 0 aliphatic carbocycles. The third kappa shape index (κ3) is 1.73. The zero-order chi connectivity index (χ0) is 11.9. The number of aromatic nitrogens is 2. The number of sulfonamides is 1. The summed E-state index contributed by atoms with van der Waals surface area (Å²) in [5.74, 6) is 0.0294. The van der Waals surface area contributed by atoms with Gasteiger partial charge in [-0.15, -0.1) is 0 Å². The molecule has 0 bridgehead atoms. The van der Waals surface area contributed by atoms with Crippen LogP contribution >= 0.6 is 11.6 Å². The molecule has 2 heterocycles. The zero-order valence-electron chi connectivity index (χ0n) is 8.67. The Morgan fingerprint density at radius 3 is 2.69 bits per heavy atom. The van der Waals surface area contributed by atoms with Gasteiger partial charge in [0, 0.05) is 32.7 Å². The molecule has 6 nitrogen and oxygen atoms in total. The first-order valence-electron chi connectivity index (χ1n) is 4.75. The van der Waals surface area contributed by atoms with Gasteiger partial charge in [-0.3, -0.25) is 4.68 Å². The molecule has 0 radical (unpaired) electrons. The van der Waals surface area contributed by atoms with Crippen molar-refractivity contribution in [3.8, 4) is 0 Å². The van der Waals surface area contributed by atoms with E-state index in [1.165, 1.54) is 22.2 Å². The smallest absolute Gasteiger partial charge is 0.261 e. The van der Waals surface area contributed by atoms with E-state index >= 15 is 0 Å². The maximum atomic E-state index is 12.1. The number of hydrogen-bond acceptors (Lipinski definition) is 4. The molecule has 1 saturated heterocycles. The molecule has 0 unspecified atom stereocenters. The van der Waals surface area contributed by atoms with Crippen molar-refractivity contribution in [3.63, 3.8) is 0 Å². The van der Waals surface area contributed by atoms with Crippen LogP contribution in [0.1, 0.15) is 0 Å². The summed E-state index contributed by atoms with van der Waals surface area (Å²) in [6.45, 7) is 0.672. The summed E-state index contributed by atoms with van der Waals surface area (Å²) >= 11 is 5.79. The van der Waals surface area contributed by atoms with Gasteiger partial charge in [0.1, 0.15) is 0 Å². The predicted octanol–water partition coefficient (Wildman–Crippen LogP) is -0.314. The quantitative estimate of drug-likeness (QED) is 0.813. The first-order chi connectivity index (χ1) is 7.46. The van der Waals surface area contributed by atoms with Crippen LogP contribution in [0.4, 0.5) is 0 Å². The van der Waals surface area contributed by atoms with E-state index < -0.39 is 10.0 Å². The van der Waals surface area contributed by atoms with Crippen LogP contribution in [0, 0.1) is 5.92 Å². The molecule has 16 heavy (non-hydrogen) atoms. The van der Waals surface area contributed by atoms with Gasteiger partial charge >= 0.3 is 0 Å². The Kier molecular flexibility index (Phi) is 2.95. The van der Waals surface area contributed by atoms with Crippen molar-refractivity contribution in [1.82, 2.24) is 14.1 Å². The molecule has 0 amide bonds. The maximum Gasteiger partial charge on any atom is 0.261 e. The minimum Gasteiger partial charge on any atom is -0.396 e. The Hall–Kier alpha value is -0.630. The van der Waals surface area contributed by atoms with Crippen molar-refractivity contribution >= 4 is 21.6 Å². The molecule has 1 aliphatic heterocycles. The highest BCUT2D eigenvalue weighted by molar-refractivity contribution is 7.89. The fraction of sp³-hybridized carbons (Fsp3) is 0.625. The van der Waals surface area contributed by atoms with Gasteiger partial charge in [-0.05, 0) is 0 Å². The van der Waals surface area contributed by atoms with Crippen LogP contribution in [0.15, 0.2) is 11.2 Å². The van der Waals surface area contributed by atoms with Crippen LogP contribution in [0.5, 0.6) is 0 Å². The molecule has 1 N–H and O–H groups in total. The summed E-state index contributed by atoms with van der Waals surface area (Å²) in [6.07, 6.45) is 1.30. The van der Waals surface area contributed by atoms with E-state index in [0.717, 1.165) is 0 Å². The standard InChI is InChI=1S/C8H12ClN3O3S/c1-11-8(7(9)2-10-11)16(14,15)12-3-6(4-12)5-13/h2,6,13H,3-5H2,1H3. The average Bonchev–Trinajstić information content (AvgIpc) is 2.44. The average molecular weight is 266 g/mol. The van der Waals surface area contributed by atoms with Gasteiger partial charge in [0.25, 0.3) is 10.0 Å². The van der Waals surface area contributed by atoms with Crippen molar-refractivity contribution in [2.75, 3.05) is 19.7 Å². The Labute approximate surface area is 98.5 Å². The number of halogens is 1. The van der Waals surface area contributed by atoms with Gasteiger partial charge < -0.3 is 5.11 Å². The third-order valence-corrected chi connectivity index (χ3v) is 4.95. The molecular formula is C8H12ClN3O3S. The van der Waals surface area contributed by atoms with Gasteiger partial charge in [-0.1, -0.05) is 11.6 Å². The van der Waals surface area contributed by atoms with E-state index in [-0.39, 0.29) is 22.6 Å². The molecule has 8 heteroatoms. The molecule has 0 saturated carbocycles. The van der Waals surface area contributed by atoms with Crippen molar-refractivity contribution in [2.45, 2.75) is 5.03 Å². The zero-order valence-corrected chi connectivity index (χ0v) is 10.2. The Balaban J connectivity index is 2.28. The number of aryl methyl sites for hydroxylation is 1. The van der Waals surface area contributed by atoms with E-state index in [9.17, 15) is 8.42 Å². The Morgan fingerprint density at radius 1 is 1.62 bits per heavy atom. The summed E-state index contributed by atoms with van der Waals surface area (Å²) < 4.78 is 26.7. The molecule has 2 rings (SSSR count). The minimum absolute atomic E-state index is 0.00510. The molecular weight excluding hydrogens is 254 g/mol. The largest absolute Gasteiger partial charge is 0.396 e. The number of hydrogen-bond donors (Lipinski definition) is 1. The Bertz CT molecular complexity index is 473. The number of aliphatic hydroxyl groups excluding tert-OH is 1. The molecule has 0 atom stereocenters. The van der Waals surface area contributed by atoms with Crippen LogP contribution in [-0.4, -0.2) is 47.3 Å². The highest BCUT2D eigenvalue weighted by Gasteiger charge is 2.38. The first-order valence-corrected chi connectivity index (χ1v) is 6.57. The van der Waals surface area contributed by atoms with Gasteiger partial charge in [-0.25, -0.2) is 8.42 Å². The maximum absolute atomic E-state index is 12.1. The van der Waals surface area contributed by atoms with Crippen LogP contribution in [0.3, 0.4) is 0 Å². The lowest BCUT2D eigenvalue weighted by atomic mass is 10.1. The lowest BCUT2D eigenvalue weighted by molar-refractivity contribution is 0.117. The fourth-order valence-corrected chi connectivity index (χ4v) is 3.84. The predicted molar refractivity (Wildman–Crippen MR) is 57.6 cm³/mol. The number of aliphatic hydroxyl groups is 1. The number of rotatable bonds is 3. The van der Waals surface area contributed by atoms with E-state index in [1.807, 2.05) is 0 Å². The lowest BCUT2D eigenvalue weighted by Crippen LogP contribution is -2.51. The Morgan fingerprint density at radius 2 is 2.25 bits per heavy atom. The second-order valence-corrected chi connectivity index (χ2v) is 6.05. The molecule has 1 aromatic heterocycles. The van der Waals surface area contributed by atoms with E-state index in [2.05, 4.69) is 5.10 Å². The summed E-state index contributed by atoms with van der Waals surface area (Å²) in [4.78, 5) is 0.